The van der Waals surface area contributed by atoms with Gasteiger partial charge in [-0.15, -0.1) is 0 Å². The van der Waals surface area contributed by atoms with E-state index in [9.17, 15) is 5.11 Å². The lowest BCUT2D eigenvalue weighted by Gasteiger charge is -2.25. The molecule has 1 atom stereocenters. The number of aliphatic hydroxyl groups excluding tert-OH is 1. The van der Waals surface area contributed by atoms with Gasteiger partial charge in [0.1, 0.15) is 0 Å². The van der Waals surface area contributed by atoms with Crippen LogP contribution in [0.25, 0.3) is 0 Å². The molecule has 0 radical (unpaired) electrons. The molecule has 0 spiro atoms. The van der Waals surface area contributed by atoms with Crippen LogP contribution in [-0.4, -0.2) is 23.9 Å². The van der Waals surface area contributed by atoms with Crippen LogP contribution in [0.15, 0.2) is 16.8 Å². The normalized spacial score (nSPS) is 14.3. The quantitative estimate of drug-likeness (QED) is 0.816. The maximum atomic E-state index is 9.81. The van der Waals surface area contributed by atoms with Crippen LogP contribution in [0.2, 0.25) is 0 Å². The third-order valence-electron chi connectivity index (χ3n) is 2.33. The number of aliphatic hydroxyl groups is 1. The molecule has 0 aromatic carbocycles. The molecule has 0 aliphatic heterocycles. The van der Waals surface area contributed by atoms with E-state index in [1.165, 1.54) is 5.56 Å². The highest BCUT2D eigenvalue weighted by Crippen LogP contribution is 2.18. The van der Waals surface area contributed by atoms with Crippen molar-refractivity contribution in [3.05, 3.63) is 22.4 Å². The Labute approximate surface area is 89.5 Å². The molecule has 1 N–H and O–H groups in total. The highest BCUT2D eigenvalue weighted by Gasteiger charge is 2.21. The molecule has 0 amide bonds. The first-order valence-corrected chi connectivity index (χ1v) is 5.72. The second-order valence-corrected chi connectivity index (χ2v) is 4.94. The van der Waals surface area contributed by atoms with E-state index in [0.717, 1.165) is 6.42 Å². The highest BCUT2D eigenvalue weighted by atomic mass is 32.1. The Balaban J connectivity index is 2.40. The largest absolute Gasteiger partial charge is 0.393 e. The molecule has 0 fully saturated rings. The number of hydrogen-bond donors (Lipinski definition) is 1. The van der Waals surface area contributed by atoms with Crippen LogP contribution in [0.1, 0.15) is 25.8 Å². The molecule has 2 nitrogen and oxygen atoms in total. The molecule has 0 aliphatic rings. The van der Waals surface area contributed by atoms with Crippen molar-refractivity contribution in [1.82, 2.24) is 0 Å². The van der Waals surface area contributed by atoms with E-state index in [1.54, 1.807) is 18.4 Å². The number of rotatable bonds is 5. The van der Waals surface area contributed by atoms with E-state index >= 15 is 0 Å². The van der Waals surface area contributed by atoms with Gasteiger partial charge >= 0.3 is 0 Å². The maximum Gasteiger partial charge on any atom is 0.0647 e. The second kappa shape index (κ2) is 4.91. The lowest BCUT2D eigenvalue weighted by atomic mass is 9.97. The molecule has 1 unspecified atom stereocenters. The number of methoxy groups -OCH3 is 1. The van der Waals surface area contributed by atoms with Gasteiger partial charge in [-0.25, -0.2) is 0 Å². The zero-order valence-electron chi connectivity index (χ0n) is 8.99. The third-order valence-corrected chi connectivity index (χ3v) is 3.06. The predicted molar refractivity (Wildman–Crippen MR) is 59.7 cm³/mol. The first-order chi connectivity index (χ1) is 6.53. The molecule has 0 saturated carbocycles. The smallest absolute Gasteiger partial charge is 0.0647 e. The lowest BCUT2D eigenvalue weighted by molar-refractivity contribution is -0.0190. The molecule has 0 aliphatic carbocycles. The van der Waals surface area contributed by atoms with Gasteiger partial charge < -0.3 is 9.84 Å². The van der Waals surface area contributed by atoms with E-state index in [-0.39, 0.29) is 11.7 Å². The molecule has 0 bridgehead atoms. The minimum absolute atomic E-state index is 0.241. The summed E-state index contributed by atoms with van der Waals surface area (Å²) < 4.78 is 5.27. The molecule has 1 aromatic rings. The fourth-order valence-corrected chi connectivity index (χ4v) is 2.09. The van der Waals surface area contributed by atoms with Crippen molar-refractivity contribution in [2.45, 2.75) is 38.4 Å². The van der Waals surface area contributed by atoms with Gasteiger partial charge in [0, 0.05) is 13.5 Å². The van der Waals surface area contributed by atoms with Crippen LogP contribution >= 0.6 is 11.3 Å². The lowest BCUT2D eigenvalue weighted by Crippen LogP contribution is -2.29. The molecule has 1 rings (SSSR count). The van der Waals surface area contributed by atoms with Gasteiger partial charge in [-0.05, 0) is 42.7 Å². The predicted octanol–water partition coefficient (Wildman–Crippen LogP) is 2.47. The van der Waals surface area contributed by atoms with Crippen LogP contribution in [0.4, 0.5) is 0 Å². The Morgan fingerprint density at radius 1 is 1.57 bits per heavy atom. The van der Waals surface area contributed by atoms with Gasteiger partial charge in [0.05, 0.1) is 11.7 Å². The van der Waals surface area contributed by atoms with Gasteiger partial charge in [0.15, 0.2) is 0 Å². The van der Waals surface area contributed by atoms with Crippen molar-refractivity contribution < 1.29 is 9.84 Å². The Kier molecular flexibility index (Phi) is 4.11. The summed E-state index contributed by atoms with van der Waals surface area (Å²) in [5, 5.41) is 13.9. The Morgan fingerprint density at radius 2 is 2.29 bits per heavy atom. The molecule has 80 valence electrons. The summed E-state index contributed by atoms with van der Waals surface area (Å²) in [6, 6.07) is 2.05. The summed E-state index contributed by atoms with van der Waals surface area (Å²) in [7, 11) is 1.68. The average Bonchev–Trinajstić information content (AvgIpc) is 2.55. The molecule has 3 heteroatoms. The van der Waals surface area contributed by atoms with Crippen LogP contribution in [-0.2, 0) is 11.2 Å². The van der Waals surface area contributed by atoms with Crippen molar-refractivity contribution in [3.63, 3.8) is 0 Å². The fourth-order valence-electron chi connectivity index (χ4n) is 1.40. The first-order valence-electron chi connectivity index (χ1n) is 4.78. The van der Waals surface area contributed by atoms with Gasteiger partial charge in [-0.2, -0.15) is 11.3 Å². The van der Waals surface area contributed by atoms with Crippen molar-refractivity contribution in [2.75, 3.05) is 7.11 Å². The Bertz CT molecular complexity index is 254. The zero-order chi connectivity index (χ0) is 10.6. The van der Waals surface area contributed by atoms with Gasteiger partial charge in [-0.1, -0.05) is 0 Å². The molecule has 1 heterocycles. The number of hydrogen-bond acceptors (Lipinski definition) is 3. The first kappa shape index (κ1) is 11.7. The summed E-state index contributed by atoms with van der Waals surface area (Å²) >= 11 is 1.66. The maximum absolute atomic E-state index is 9.81. The molecule has 14 heavy (non-hydrogen) atoms. The summed E-state index contributed by atoms with van der Waals surface area (Å²) in [6.07, 6.45) is 1.06. The third kappa shape index (κ3) is 3.78. The summed E-state index contributed by atoms with van der Waals surface area (Å²) in [5.41, 5.74) is 0.963. The molecule has 0 saturated heterocycles. The van der Waals surface area contributed by atoms with Gasteiger partial charge in [0.2, 0.25) is 0 Å². The molecular weight excluding hydrogens is 196 g/mol. The van der Waals surface area contributed by atoms with E-state index in [1.807, 2.05) is 25.3 Å². The van der Waals surface area contributed by atoms with Gasteiger partial charge in [-0.3, -0.25) is 0 Å². The summed E-state index contributed by atoms with van der Waals surface area (Å²) in [4.78, 5) is 0. The number of thiophene rings is 1. The summed E-state index contributed by atoms with van der Waals surface area (Å²) in [6.45, 7) is 3.98. The van der Waals surface area contributed by atoms with Crippen LogP contribution in [0, 0.1) is 0 Å². The van der Waals surface area contributed by atoms with Gasteiger partial charge in [0.25, 0.3) is 0 Å². The molecular formula is C11H18O2S. The minimum atomic E-state index is -0.320. The molecule has 1 aromatic heterocycles. The SMILES string of the molecule is COC(C)(C)CC(O)Cc1ccsc1. The van der Waals surface area contributed by atoms with E-state index in [2.05, 4.69) is 5.38 Å². The van der Waals surface area contributed by atoms with Crippen LogP contribution in [0.5, 0.6) is 0 Å². The van der Waals surface area contributed by atoms with Crippen molar-refractivity contribution >= 4 is 11.3 Å². The fraction of sp³-hybridized carbons (Fsp3) is 0.636. The van der Waals surface area contributed by atoms with E-state index in [0.29, 0.717) is 6.42 Å². The van der Waals surface area contributed by atoms with E-state index < -0.39 is 0 Å². The van der Waals surface area contributed by atoms with Crippen molar-refractivity contribution in [2.24, 2.45) is 0 Å². The Hall–Kier alpha value is -0.380. The summed E-state index contributed by atoms with van der Waals surface area (Å²) in [5.74, 6) is 0. The number of ether oxygens (including phenoxy) is 1. The standard InChI is InChI=1S/C11H18O2S/c1-11(2,13-3)7-10(12)6-9-4-5-14-8-9/h4-5,8,10,12H,6-7H2,1-3H3. The monoisotopic (exact) mass is 214 g/mol. The van der Waals surface area contributed by atoms with Crippen molar-refractivity contribution in [1.29, 1.82) is 0 Å². The topological polar surface area (TPSA) is 29.5 Å². The highest BCUT2D eigenvalue weighted by molar-refractivity contribution is 7.07. The van der Waals surface area contributed by atoms with Crippen LogP contribution < -0.4 is 0 Å². The zero-order valence-corrected chi connectivity index (χ0v) is 9.80. The van der Waals surface area contributed by atoms with Crippen molar-refractivity contribution in [3.8, 4) is 0 Å². The Morgan fingerprint density at radius 3 is 2.79 bits per heavy atom. The van der Waals surface area contributed by atoms with E-state index in [4.69, 9.17) is 4.74 Å². The average molecular weight is 214 g/mol. The minimum Gasteiger partial charge on any atom is -0.393 e. The second-order valence-electron chi connectivity index (χ2n) is 4.16. The van der Waals surface area contributed by atoms with Crippen LogP contribution in [0.3, 0.4) is 0 Å².